The molecule has 6 heteroatoms. The molecule has 28 heavy (non-hydrogen) atoms. The first-order chi connectivity index (χ1) is 13.7. The highest BCUT2D eigenvalue weighted by atomic mass is 35.5. The SMILES string of the molecule is O=C(Cc1ccccn1)N1CCC[C@H](c2cncc(-c3cccc(Cl)c3)n2)C1. The zero-order valence-corrected chi connectivity index (χ0v) is 16.2. The molecule has 0 saturated carbocycles. The minimum atomic E-state index is 0.113. The Labute approximate surface area is 169 Å². The average molecular weight is 393 g/mol. The molecule has 0 aliphatic carbocycles. The van der Waals surface area contributed by atoms with E-state index in [0.717, 1.165) is 42.0 Å². The quantitative estimate of drug-likeness (QED) is 0.669. The number of nitrogens with zero attached hydrogens (tertiary/aromatic N) is 4. The zero-order valence-electron chi connectivity index (χ0n) is 15.5. The van der Waals surface area contributed by atoms with Crippen LogP contribution < -0.4 is 0 Å². The van der Waals surface area contributed by atoms with Crippen LogP contribution in [-0.4, -0.2) is 38.8 Å². The second-order valence-corrected chi connectivity index (χ2v) is 7.45. The second kappa shape index (κ2) is 8.48. The van der Waals surface area contributed by atoms with Gasteiger partial charge < -0.3 is 4.90 Å². The van der Waals surface area contributed by atoms with Gasteiger partial charge in [-0.05, 0) is 37.1 Å². The number of aromatic nitrogens is 3. The number of halogens is 1. The number of piperidine rings is 1. The molecular weight excluding hydrogens is 372 g/mol. The van der Waals surface area contributed by atoms with Gasteiger partial charge >= 0.3 is 0 Å². The Morgan fingerprint density at radius 3 is 2.93 bits per heavy atom. The van der Waals surface area contributed by atoms with Crippen molar-refractivity contribution in [2.24, 2.45) is 0 Å². The van der Waals surface area contributed by atoms with E-state index in [1.165, 1.54) is 0 Å². The molecule has 5 nitrogen and oxygen atoms in total. The lowest BCUT2D eigenvalue weighted by molar-refractivity contribution is -0.131. The van der Waals surface area contributed by atoms with Gasteiger partial charge in [0, 0.05) is 47.7 Å². The van der Waals surface area contributed by atoms with Crippen LogP contribution in [0.3, 0.4) is 0 Å². The normalized spacial score (nSPS) is 16.8. The van der Waals surface area contributed by atoms with Crippen molar-refractivity contribution >= 4 is 17.5 Å². The Kier molecular flexibility index (Phi) is 5.63. The van der Waals surface area contributed by atoms with E-state index in [2.05, 4.69) is 9.97 Å². The van der Waals surface area contributed by atoms with Gasteiger partial charge in [0.25, 0.3) is 0 Å². The van der Waals surface area contributed by atoms with Crippen molar-refractivity contribution in [2.45, 2.75) is 25.2 Å². The third kappa shape index (κ3) is 4.37. The largest absolute Gasteiger partial charge is 0.342 e. The smallest absolute Gasteiger partial charge is 0.228 e. The van der Waals surface area contributed by atoms with Crippen molar-refractivity contribution in [1.82, 2.24) is 19.9 Å². The number of pyridine rings is 1. The second-order valence-electron chi connectivity index (χ2n) is 7.02. The lowest BCUT2D eigenvalue weighted by atomic mass is 9.94. The van der Waals surface area contributed by atoms with Crippen LogP contribution in [-0.2, 0) is 11.2 Å². The van der Waals surface area contributed by atoms with Crippen LogP contribution in [0.5, 0.6) is 0 Å². The van der Waals surface area contributed by atoms with E-state index in [9.17, 15) is 4.79 Å². The van der Waals surface area contributed by atoms with E-state index in [1.54, 1.807) is 12.4 Å². The molecule has 0 unspecified atom stereocenters. The van der Waals surface area contributed by atoms with Crippen LogP contribution in [0.2, 0.25) is 5.02 Å². The molecular formula is C22H21ClN4O. The highest BCUT2D eigenvalue weighted by Crippen LogP contribution is 2.28. The number of amides is 1. The van der Waals surface area contributed by atoms with Crippen molar-refractivity contribution in [2.75, 3.05) is 13.1 Å². The molecule has 1 aliphatic rings. The fourth-order valence-corrected chi connectivity index (χ4v) is 3.77. The van der Waals surface area contributed by atoms with E-state index < -0.39 is 0 Å². The number of benzene rings is 1. The molecule has 1 saturated heterocycles. The summed E-state index contributed by atoms with van der Waals surface area (Å²) >= 11 is 6.11. The topological polar surface area (TPSA) is 59.0 Å². The van der Waals surface area contributed by atoms with Crippen molar-refractivity contribution in [3.8, 4) is 11.3 Å². The van der Waals surface area contributed by atoms with E-state index in [0.29, 0.717) is 18.0 Å². The van der Waals surface area contributed by atoms with E-state index in [-0.39, 0.29) is 11.8 Å². The summed E-state index contributed by atoms with van der Waals surface area (Å²) < 4.78 is 0. The lowest BCUT2D eigenvalue weighted by Gasteiger charge is -2.32. The van der Waals surface area contributed by atoms with Gasteiger partial charge in [-0.3, -0.25) is 14.8 Å². The number of carbonyl (C=O) groups is 1. The minimum Gasteiger partial charge on any atom is -0.342 e. The molecule has 1 aromatic carbocycles. The van der Waals surface area contributed by atoms with Crippen molar-refractivity contribution in [1.29, 1.82) is 0 Å². The number of rotatable bonds is 4. The van der Waals surface area contributed by atoms with Gasteiger partial charge in [0.15, 0.2) is 0 Å². The zero-order chi connectivity index (χ0) is 19.3. The maximum Gasteiger partial charge on any atom is 0.228 e. The Balaban J connectivity index is 1.49. The maximum atomic E-state index is 12.7. The van der Waals surface area contributed by atoms with Gasteiger partial charge in [0.1, 0.15) is 0 Å². The maximum absolute atomic E-state index is 12.7. The Morgan fingerprint density at radius 1 is 1.18 bits per heavy atom. The fourth-order valence-electron chi connectivity index (χ4n) is 3.58. The average Bonchev–Trinajstić information content (AvgIpc) is 2.75. The van der Waals surface area contributed by atoms with Crippen LogP contribution in [0.1, 0.15) is 30.1 Å². The van der Waals surface area contributed by atoms with Crippen LogP contribution in [0.25, 0.3) is 11.3 Å². The summed E-state index contributed by atoms with van der Waals surface area (Å²) in [5.74, 6) is 0.301. The molecule has 0 radical (unpaired) electrons. The third-order valence-electron chi connectivity index (χ3n) is 5.02. The molecule has 0 bridgehead atoms. The standard InChI is InChI=1S/C22H21ClN4O/c23-18-7-3-5-16(11-18)20-13-24-14-21(26-20)17-6-4-10-27(15-17)22(28)12-19-8-1-2-9-25-19/h1-3,5,7-9,11,13-14,17H,4,6,10,12,15H2/t17-/m0/s1. The van der Waals surface area contributed by atoms with Crippen LogP contribution in [0.4, 0.5) is 0 Å². The summed E-state index contributed by atoms with van der Waals surface area (Å²) in [4.78, 5) is 28.1. The Bertz CT molecular complexity index is 964. The van der Waals surface area contributed by atoms with E-state index in [1.807, 2.05) is 53.6 Å². The predicted molar refractivity (Wildman–Crippen MR) is 109 cm³/mol. The molecule has 0 N–H and O–H groups in total. The summed E-state index contributed by atoms with van der Waals surface area (Å²) in [7, 11) is 0. The van der Waals surface area contributed by atoms with Crippen molar-refractivity contribution in [3.63, 3.8) is 0 Å². The molecule has 142 valence electrons. The van der Waals surface area contributed by atoms with Gasteiger partial charge in [-0.1, -0.05) is 29.8 Å². The summed E-state index contributed by atoms with van der Waals surface area (Å²) in [5.41, 5.74) is 3.47. The van der Waals surface area contributed by atoms with E-state index in [4.69, 9.17) is 16.6 Å². The highest BCUT2D eigenvalue weighted by molar-refractivity contribution is 6.30. The third-order valence-corrected chi connectivity index (χ3v) is 5.26. The predicted octanol–water partition coefficient (Wildman–Crippen LogP) is 4.14. The molecule has 0 spiro atoms. The van der Waals surface area contributed by atoms with Crippen LogP contribution >= 0.6 is 11.6 Å². The van der Waals surface area contributed by atoms with Crippen LogP contribution in [0.15, 0.2) is 61.1 Å². The minimum absolute atomic E-state index is 0.113. The summed E-state index contributed by atoms with van der Waals surface area (Å²) in [6.07, 6.45) is 7.58. The van der Waals surface area contributed by atoms with E-state index >= 15 is 0 Å². The first kappa shape index (κ1) is 18.6. The molecule has 4 rings (SSSR count). The first-order valence-corrected chi connectivity index (χ1v) is 9.82. The van der Waals surface area contributed by atoms with Crippen molar-refractivity contribution < 1.29 is 4.79 Å². The monoisotopic (exact) mass is 392 g/mol. The highest BCUT2D eigenvalue weighted by Gasteiger charge is 2.26. The van der Waals surface area contributed by atoms with Crippen molar-refractivity contribution in [3.05, 3.63) is 77.5 Å². The lowest BCUT2D eigenvalue weighted by Crippen LogP contribution is -2.40. The molecule has 1 atom stereocenters. The van der Waals surface area contributed by atoms with Gasteiger partial charge in [0.2, 0.25) is 5.91 Å². The Hall–Kier alpha value is -2.79. The molecule has 1 aliphatic heterocycles. The summed E-state index contributed by atoms with van der Waals surface area (Å²) in [6.45, 7) is 1.45. The summed E-state index contributed by atoms with van der Waals surface area (Å²) in [5, 5.41) is 0.675. The van der Waals surface area contributed by atoms with Gasteiger partial charge in [-0.25, -0.2) is 4.98 Å². The van der Waals surface area contributed by atoms with Gasteiger partial charge in [-0.2, -0.15) is 0 Å². The number of carbonyl (C=O) groups excluding carboxylic acids is 1. The number of hydrogen-bond donors (Lipinski definition) is 0. The molecule has 2 aromatic heterocycles. The molecule has 1 fully saturated rings. The van der Waals surface area contributed by atoms with Crippen LogP contribution in [0, 0.1) is 0 Å². The summed E-state index contributed by atoms with van der Waals surface area (Å²) in [6, 6.07) is 13.3. The molecule has 3 heterocycles. The van der Waals surface area contributed by atoms with Gasteiger partial charge in [0.05, 0.1) is 24.0 Å². The first-order valence-electron chi connectivity index (χ1n) is 9.44. The van der Waals surface area contributed by atoms with Gasteiger partial charge in [-0.15, -0.1) is 0 Å². The number of hydrogen-bond acceptors (Lipinski definition) is 4. The number of likely N-dealkylation sites (tertiary alicyclic amines) is 1. The Morgan fingerprint density at radius 2 is 2.11 bits per heavy atom. The molecule has 1 amide bonds. The molecule has 3 aromatic rings. The fraction of sp³-hybridized carbons (Fsp3) is 0.273.